The number of hydrogen-bond acceptors (Lipinski definition) is 5. The average molecular weight is 426 g/mol. The molecular formula is C24H31N3O4. The van der Waals surface area contributed by atoms with Crippen LogP contribution in [0.4, 0.5) is 0 Å². The number of hydrogen-bond donors (Lipinski definition) is 2. The lowest BCUT2D eigenvalue weighted by molar-refractivity contribution is -0.126. The highest BCUT2D eigenvalue weighted by atomic mass is 16.5. The fourth-order valence-electron chi connectivity index (χ4n) is 5.07. The van der Waals surface area contributed by atoms with Crippen molar-refractivity contribution in [3.05, 3.63) is 41.6 Å². The van der Waals surface area contributed by atoms with E-state index in [0.717, 1.165) is 49.6 Å². The molecular weight excluding hydrogens is 394 g/mol. The summed E-state index contributed by atoms with van der Waals surface area (Å²) in [6.45, 7) is 6.96. The summed E-state index contributed by atoms with van der Waals surface area (Å²) in [7, 11) is 0. The van der Waals surface area contributed by atoms with Gasteiger partial charge in [0.05, 0.1) is 13.2 Å². The molecule has 0 bridgehead atoms. The van der Waals surface area contributed by atoms with Crippen LogP contribution in [0, 0.1) is 5.92 Å². The highest BCUT2D eigenvalue weighted by molar-refractivity contribution is 6.01. The molecule has 2 saturated heterocycles. The largest absolute Gasteiger partial charge is 0.489 e. The molecule has 2 N–H and O–H groups in total. The van der Waals surface area contributed by atoms with Crippen molar-refractivity contribution in [2.75, 3.05) is 19.8 Å². The van der Waals surface area contributed by atoms with Crippen LogP contribution in [0.3, 0.4) is 0 Å². The molecule has 0 radical (unpaired) electrons. The summed E-state index contributed by atoms with van der Waals surface area (Å²) in [5.74, 6) is 1.21. The van der Waals surface area contributed by atoms with Crippen LogP contribution in [0.25, 0.3) is 0 Å². The molecule has 0 spiro atoms. The van der Waals surface area contributed by atoms with Gasteiger partial charge in [-0.1, -0.05) is 13.0 Å². The molecule has 31 heavy (non-hydrogen) atoms. The number of amides is 2. The van der Waals surface area contributed by atoms with Gasteiger partial charge in [-0.3, -0.25) is 9.59 Å². The van der Waals surface area contributed by atoms with Crippen molar-refractivity contribution in [1.82, 2.24) is 15.5 Å². The highest BCUT2D eigenvalue weighted by Gasteiger charge is 2.38. The zero-order valence-corrected chi connectivity index (χ0v) is 17.9. The van der Waals surface area contributed by atoms with Crippen molar-refractivity contribution in [2.45, 2.75) is 63.3 Å². The molecule has 4 aliphatic rings. The molecule has 166 valence electrons. The SMILES string of the molecule is C=C1CCC(N2Cc3cc(OC4CCCCC4NCC4COC4)ccc3C2=O)C(=O)N1. The second-order valence-electron chi connectivity index (χ2n) is 9.26. The Morgan fingerprint density at radius 3 is 2.81 bits per heavy atom. The Morgan fingerprint density at radius 1 is 1.19 bits per heavy atom. The highest BCUT2D eigenvalue weighted by Crippen LogP contribution is 2.32. The van der Waals surface area contributed by atoms with Crippen molar-refractivity contribution in [1.29, 1.82) is 0 Å². The maximum absolute atomic E-state index is 12.9. The van der Waals surface area contributed by atoms with Crippen LogP contribution in [0.2, 0.25) is 0 Å². The number of nitrogens with zero attached hydrogens (tertiary/aromatic N) is 1. The minimum Gasteiger partial charge on any atom is -0.489 e. The normalized spacial score (nSPS) is 28.8. The van der Waals surface area contributed by atoms with E-state index in [2.05, 4.69) is 17.2 Å². The van der Waals surface area contributed by atoms with E-state index in [1.54, 1.807) is 4.90 Å². The molecule has 1 saturated carbocycles. The maximum atomic E-state index is 12.9. The minimum absolute atomic E-state index is 0.0749. The van der Waals surface area contributed by atoms with Gasteiger partial charge in [0.1, 0.15) is 17.9 Å². The molecule has 1 aromatic rings. The van der Waals surface area contributed by atoms with Gasteiger partial charge in [-0.25, -0.2) is 0 Å². The van der Waals surface area contributed by atoms with Gasteiger partial charge in [0.25, 0.3) is 5.91 Å². The first-order valence-electron chi connectivity index (χ1n) is 11.5. The van der Waals surface area contributed by atoms with Crippen LogP contribution in [0.1, 0.15) is 54.4 Å². The Hall–Kier alpha value is -2.38. The second kappa shape index (κ2) is 8.63. The Morgan fingerprint density at radius 2 is 2.03 bits per heavy atom. The molecule has 3 aliphatic heterocycles. The maximum Gasteiger partial charge on any atom is 0.255 e. The quantitative estimate of drug-likeness (QED) is 0.732. The number of nitrogens with one attached hydrogen (secondary N) is 2. The number of ether oxygens (including phenoxy) is 2. The fourth-order valence-corrected chi connectivity index (χ4v) is 5.07. The molecule has 3 atom stereocenters. The average Bonchev–Trinajstić information content (AvgIpc) is 3.04. The lowest BCUT2D eigenvalue weighted by atomic mass is 9.91. The summed E-state index contributed by atoms with van der Waals surface area (Å²) in [4.78, 5) is 27.0. The van der Waals surface area contributed by atoms with Gasteiger partial charge in [-0.2, -0.15) is 0 Å². The van der Waals surface area contributed by atoms with Gasteiger partial charge >= 0.3 is 0 Å². The third-order valence-electron chi connectivity index (χ3n) is 6.97. The first-order chi connectivity index (χ1) is 15.1. The summed E-state index contributed by atoms with van der Waals surface area (Å²) in [6, 6.07) is 5.65. The van der Waals surface area contributed by atoms with Crippen molar-refractivity contribution in [2.24, 2.45) is 5.92 Å². The molecule has 7 nitrogen and oxygen atoms in total. The Balaban J connectivity index is 1.25. The lowest BCUT2D eigenvalue weighted by Crippen LogP contribution is -2.49. The lowest BCUT2D eigenvalue weighted by Gasteiger charge is -2.35. The topological polar surface area (TPSA) is 79.9 Å². The van der Waals surface area contributed by atoms with Gasteiger partial charge in [0.15, 0.2) is 0 Å². The van der Waals surface area contributed by atoms with E-state index in [0.29, 0.717) is 36.9 Å². The van der Waals surface area contributed by atoms with Gasteiger partial charge in [-0.05, 0) is 55.9 Å². The summed E-state index contributed by atoms with van der Waals surface area (Å²) in [5.41, 5.74) is 2.33. The number of fused-ring (bicyclic) bond motifs is 1. The van der Waals surface area contributed by atoms with Gasteiger partial charge in [-0.15, -0.1) is 0 Å². The molecule has 3 heterocycles. The van der Waals surface area contributed by atoms with Gasteiger partial charge in [0, 0.05) is 36.3 Å². The summed E-state index contributed by atoms with van der Waals surface area (Å²) in [5, 5.41) is 6.48. The smallest absolute Gasteiger partial charge is 0.255 e. The number of allylic oxidation sites excluding steroid dienone is 1. The molecule has 1 aliphatic carbocycles. The van der Waals surface area contributed by atoms with Crippen molar-refractivity contribution < 1.29 is 19.1 Å². The van der Waals surface area contributed by atoms with E-state index >= 15 is 0 Å². The van der Waals surface area contributed by atoms with Crippen LogP contribution in [-0.4, -0.2) is 54.7 Å². The first kappa shape index (κ1) is 20.5. The Bertz CT molecular complexity index is 882. The summed E-state index contributed by atoms with van der Waals surface area (Å²) >= 11 is 0. The third kappa shape index (κ3) is 4.21. The van der Waals surface area contributed by atoms with E-state index in [1.807, 2.05) is 18.2 Å². The van der Waals surface area contributed by atoms with E-state index in [4.69, 9.17) is 9.47 Å². The van der Waals surface area contributed by atoms with Crippen LogP contribution in [0.5, 0.6) is 5.75 Å². The van der Waals surface area contributed by atoms with E-state index in [-0.39, 0.29) is 17.9 Å². The van der Waals surface area contributed by atoms with E-state index < -0.39 is 6.04 Å². The fraction of sp³-hybridized carbons (Fsp3) is 0.583. The Kier molecular flexibility index (Phi) is 5.71. The number of carbonyl (C=O) groups is 2. The van der Waals surface area contributed by atoms with Gasteiger partial charge < -0.3 is 25.0 Å². The molecule has 1 aromatic carbocycles. The van der Waals surface area contributed by atoms with Gasteiger partial charge in [0.2, 0.25) is 5.91 Å². The summed E-state index contributed by atoms with van der Waals surface area (Å²) < 4.78 is 11.7. The summed E-state index contributed by atoms with van der Waals surface area (Å²) in [6.07, 6.45) is 6.01. The molecule has 3 fully saturated rings. The predicted molar refractivity (Wildman–Crippen MR) is 116 cm³/mol. The zero-order valence-electron chi connectivity index (χ0n) is 17.9. The Labute approximate surface area is 183 Å². The molecule has 7 heteroatoms. The monoisotopic (exact) mass is 425 g/mol. The second-order valence-corrected chi connectivity index (χ2v) is 9.26. The van der Waals surface area contributed by atoms with Crippen molar-refractivity contribution >= 4 is 11.8 Å². The molecule has 3 unspecified atom stereocenters. The standard InChI is InChI=1S/C24H31N3O4/c1-15-6-9-21(23(28)26-15)27-12-17-10-18(7-8-19(17)24(27)29)31-22-5-3-2-4-20(22)25-11-16-13-30-14-16/h7-8,10,16,20-22,25H,1-6,9,11-14H2,(H,26,28). The molecule has 5 rings (SSSR count). The van der Waals surface area contributed by atoms with Crippen molar-refractivity contribution in [3.63, 3.8) is 0 Å². The van der Waals surface area contributed by atoms with Crippen LogP contribution < -0.4 is 15.4 Å². The van der Waals surface area contributed by atoms with Crippen LogP contribution in [0.15, 0.2) is 30.5 Å². The molecule has 2 amide bonds. The number of carbonyl (C=O) groups excluding carboxylic acids is 2. The van der Waals surface area contributed by atoms with Crippen LogP contribution in [-0.2, 0) is 16.1 Å². The van der Waals surface area contributed by atoms with E-state index in [9.17, 15) is 9.59 Å². The predicted octanol–water partition coefficient (Wildman–Crippen LogP) is 2.36. The number of piperidine rings is 1. The van der Waals surface area contributed by atoms with Crippen molar-refractivity contribution in [3.8, 4) is 5.75 Å². The minimum atomic E-state index is -0.433. The third-order valence-corrected chi connectivity index (χ3v) is 6.97. The number of benzene rings is 1. The van der Waals surface area contributed by atoms with Crippen LogP contribution >= 0.6 is 0 Å². The number of rotatable bonds is 6. The first-order valence-corrected chi connectivity index (χ1v) is 11.5. The van der Waals surface area contributed by atoms with E-state index in [1.165, 1.54) is 12.8 Å². The zero-order chi connectivity index (χ0) is 21.4. The molecule has 0 aromatic heterocycles.